The molecule has 2 aromatic carbocycles. The van der Waals surface area contributed by atoms with E-state index < -0.39 is 23.5 Å². The van der Waals surface area contributed by atoms with E-state index in [1.807, 2.05) is 0 Å². The van der Waals surface area contributed by atoms with Crippen LogP contribution in [0.25, 0.3) is 0 Å². The number of hydrogen-bond donors (Lipinski definition) is 2. The third-order valence-electron chi connectivity index (χ3n) is 5.45. The highest BCUT2D eigenvalue weighted by Gasteiger charge is 2.44. The number of benzene rings is 2. The van der Waals surface area contributed by atoms with E-state index in [4.69, 9.17) is 4.74 Å². The monoisotopic (exact) mass is 467 g/mol. The Morgan fingerprint density at radius 2 is 1.91 bits per heavy atom. The molecule has 1 aromatic heterocycles. The lowest BCUT2D eigenvalue weighted by atomic mass is 9.95. The zero-order valence-corrected chi connectivity index (χ0v) is 18.6. The standard InChI is InChI=1S/C25H22FNO5S/c1-2-32-19-14-16(7-10-18(19)28)22-21(23(29)20-4-3-13-33-20)24(30)25(31)27(22)12-11-15-5-8-17(26)9-6-15/h3-10,13-14,22,28,30H,2,11-12H2,1H3. The number of nitrogens with zero attached hydrogens (tertiary/aromatic N) is 1. The molecule has 2 N–H and O–H groups in total. The zero-order chi connectivity index (χ0) is 23.5. The number of aliphatic hydroxyl groups excluding tert-OH is 1. The number of amides is 1. The SMILES string of the molecule is CCOc1cc(C2C(C(=O)c3cccs3)=C(O)C(=O)N2CCc2ccc(F)cc2)ccc1O. The summed E-state index contributed by atoms with van der Waals surface area (Å²) in [6.07, 6.45) is 0.396. The zero-order valence-electron chi connectivity index (χ0n) is 17.8. The maximum absolute atomic E-state index is 13.3. The highest BCUT2D eigenvalue weighted by atomic mass is 32.1. The molecule has 1 aliphatic rings. The van der Waals surface area contributed by atoms with Crippen molar-refractivity contribution in [2.45, 2.75) is 19.4 Å². The van der Waals surface area contributed by atoms with E-state index in [1.54, 1.807) is 48.7 Å². The lowest BCUT2D eigenvalue weighted by Gasteiger charge is -2.27. The second-order valence-electron chi connectivity index (χ2n) is 7.51. The van der Waals surface area contributed by atoms with Crippen molar-refractivity contribution in [3.63, 3.8) is 0 Å². The number of aliphatic hydroxyl groups is 1. The molecular weight excluding hydrogens is 445 g/mol. The minimum absolute atomic E-state index is 0.0188. The van der Waals surface area contributed by atoms with Crippen LogP contribution in [0.2, 0.25) is 0 Å². The van der Waals surface area contributed by atoms with Gasteiger partial charge in [0.15, 0.2) is 17.3 Å². The van der Waals surface area contributed by atoms with Crippen LogP contribution in [0.1, 0.15) is 33.8 Å². The second kappa shape index (κ2) is 9.46. The Hall–Kier alpha value is -3.65. The first-order chi connectivity index (χ1) is 15.9. The minimum atomic E-state index is -0.868. The van der Waals surface area contributed by atoms with E-state index >= 15 is 0 Å². The van der Waals surface area contributed by atoms with Crippen LogP contribution in [0.4, 0.5) is 4.39 Å². The number of aromatic hydroxyl groups is 1. The van der Waals surface area contributed by atoms with Crippen molar-refractivity contribution in [3.8, 4) is 11.5 Å². The minimum Gasteiger partial charge on any atom is -0.504 e. The summed E-state index contributed by atoms with van der Waals surface area (Å²) in [7, 11) is 0. The number of ether oxygens (including phenoxy) is 1. The third-order valence-corrected chi connectivity index (χ3v) is 6.32. The van der Waals surface area contributed by atoms with E-state index in [0.717, 1.165) is 5.56 Å². The van der Waals surface area contributed by atoms with Crippen LogP contribution >= 0.6 is 11.3 Å². The Morgan fingerprint density at radius 1 is 1.15 bits per heavy atom. The molecule has 2 heterocycles. The molecule has 1 atom stereocenters. The van der Waals surface area contributed by atoms with Crippen LogP contribution in [0, 0.1) is 5.82 Å². The first kappa shape index (κ1) is 22.5. The molecule has 0 saturated heterocycles. The molecule has 1 aliphatic heterocycles. The van der Waals surface area contributed by atoms with Gasteiger partial charge in [-0.1, -0.05) is 24.3 Å². The summed E-state index contributed by atoms with van der Waals surface area (Å²) in [6.45, 7) is 2.28. The Bertz CT molecular complexity index is 1200. The van der Waals surface area contributed by atoms with Crippen molar-refractivity contribution in [2.75, 3.05) is 13.2 Å². The molecule has 4 rings (SSSR count). The van der Waals surface area contributed by atoms with Crippen LogP contribution in [0.5, 0.6) is 11.5 Å². The molecule has 1 unspecified atom stereocenters. The summed E-state index contributed by atoms with van der Waals surface area (Å²) in [4.78, 5) is 28.1. The van der Waals surface area contributed by atoms with Gasteiger partial charge in [-0.2, -0.15) is 0 Å². The molecule has 0 aliphatic carbocycles. The van der Waals surface area contributed by atoms with Gasteiger partial charge in [-0.05, 0) is 60.2 Å². The summed E-state index contributed by atoms with van der Waals surface area (Å²) in [5.41, 5.74) is 1.31. The second-order valence-corrected chi connectivity index (χ2v) is 8.45. The Kier molecular flexibility index (Phi) is 6.46. The molecule has 1 amide bonds. The molecule has 0 bridgehead atoms. The van der Waals surface area contributed by atoms with Crippen molar-refractivity contribution in [1.82, 2.24) is 4.90 Å². The molecule has 0 radical (unpaired) electrons. The van der Waals surface area contributed by atoms with Crippen molar-refractivity contribution in [3.05, 3.63) is 93.1 Å². The summed E-state index contributed by atoms with van der Waals surface area (Å²) in [5, 5.41) is 22.6. The lowest BCUT2D eigenvalue weighted by molar-refractivity contribution is -0.129. The van der Waals surface area contributed by atoms with Crippen LogP contribution in [0.3, 0.4) is 0 Å². The fraction of sp³-hybridized carbons (Fsp3) is 0.200. The van der Waals surface area contributed by atoms with Gasteiger partial charge in [0.05, 0.1) is 23.1 Å². The van der Waals surface area contributed by atoms with Gasteiger partial charge >= 0.3 is 0 Å². The number of hydrogen-bond acceptors (Lipinski definition) is 6. The van der Waals surface area contributed by atoms with Crippen LogP contribution in [-0.4, -0.2) is 40.0 Å². The lowest BCUT2D eigenvalue weighted by Crippen LogP contribution is -2.33. The van der Waals surface area contributed by atoms with E-state index in [2.05, 4.69) is 0 Å². The first-order valence-corrected chi connectivity index (χ1v) is 11.3. The Labute approximate surface area is 194 Å². The van der Waals surface area contributed by atoms with Gasteiger partial charge in [0.1, 0.15) is 5.82 Å². The molecule has 3 aromatic rings. The molecule has 170 valence electrons. The maximum atomic E-state index is 13.3. The fourth-order valence-corrected chi connectivity index (χ4v) is 4.55. The number of halogens is 1. The van der Waals surface area contributed by atoms with Crippen molar-refractivity contribution in [2.24, 2.45) is 0 Å². The topological polar surface area (TPSA) is 87.1 Å². The van der Waals surface area contributed by atoms with Gasteiger partial charge in [-0.25, -0.2) is 4.39 Å². The summed E-state index contributed by atoms with van der Waals surface area (Å²) >= 11 is 1.22. The maximum Gasteiger partial charge on any atom is 0.290 e. The molecule has 33 heavy (non-hydrogen) atoms. The average molecular weight is 468 g/mol. The number of phenolic OH excluding ortho intramolecular Hbond substituents is 1. The number of ketones is 1. The number of phenols is 1. The van der Waals surface area contributed by atoms with Gasteiger partial charge in [-0.15, -0.1) is 11.3 Å². The highest BCUT2D eigenvalue weighted by molar-refractivity contribution is 7.12. The summed E-state index contributed by atoms with van der Waals surface area (Å²) in [6, 6.07) is 13.0. The molecule has 0 fully saturated rings. The van der Waals surface area contributed by atoms with Crippen molar-refractivity contribution < 1.29 is 28.9 Å². The van der Waals surface area contributed by atoms with Crippen molar-refractivity contribution in [1.29, 1.82) is 0 Å². The molecule has 0 spiro atoms. The van der Waals surface area contributed by atoms with E-state index in [1.165, 1.54) is 34.4 Å². The van der Waals surface area contributed by atoms with Crippen LogP contribution < -0.4 is 4.74 Å². The van der Waals surface area contributed by atoms with Gasteiger partial charge in [0, 0.05) is 6.54 Å². The largest absolute Gasteiger partial charge is 0.504 e. The molecule has 0 saturated carbocycles. The average Bonchev–Trinajstić information content (AvgIpc) is 3.43. The molecule has 6 nitrogen and oxygen atoms in total. The van der Waals surface area contributed by atoms with Crippen LogP contribution in [0.15, 0.2) is 71.3 Å². The van der Waals surface area contributed by atoms with Crippen LogP contribution in [-0.2, 0) is 11.2 Å². The number of thiophene rings is 1. The van der Waals surface area contributed by atoms with Gasteiger partial charge in [0.25, 0.3) is 5.91 Å². The van der Waals surface area contributed by atoms with Crippen molar-refractivity contribution >= 4 is 23.0 Å². The third kappa shape index (κ3) is 4.47. The summed E-state index contributed by atoms with van der Waals surface area (Å²) in [5.74, 6) is -1.89. The van der Waals surface area contributed by atoms with Gasteiger partial charge in [-0.3, -0.25) is 9.59 Å². The first-order valence-electron chi connectivity index (χ1n) is 10.4. The van der Waals surface area contributed by atoms with Gasteiger partial charge < -0.3 is 19.8 Å². The highest BCUT2D eigenvalue weighted by Crippen LogP contribution is 2.42. The van der Waals surface area contributed by atoms with E-state index in [9.17, 15) is 24.2 Å². The number of carbonyl (C=O) groups excluding carboxylic acids is 2. The summed E-state index contributed by atoms with van der Waals surface area (Å²) < 4.78 is 18.7. The number of carbonyl (C=O) groups is 2. The Balaban J connectivity index is 1.74. The van der Waals surface area contributed by atoms with Gasteiger partial charge in [0.2, 0.25) is 5.78 Å². The predicted octanol–water partition coefficient (Wildman–Crippen LogP) is 4.81. The quantitative estimate of drug-likeness (QED) is 0.464. The van der Waals surface area contributed by atoms with E-state index in [0.29, 0.717) is 23.5 Å². The predicted molar refractivity (Wildman–Crippen MR) is 122 cm³/mol. The number of rotatable bonds is 8. The fourth-order valence-electron chi connectivity index (χ4n) is 3.88. The normalized spacial score (nSPS) is 15.9. The number of Topliss-reactive ketones (excluding diaryl/α,β-unsaturated/α-hetero) is 1. The smallest absolute Gasteiger partial charge is 0.290 e. The molecule has 8 heteroatoms. The molecular formula is C25H22FNO5S. The Morgan fingerprint density at radius 3 is 2.58 bits per heavy atom. The van der Waals surface area contributed by atoms with E-state index in [-0.39, 0.29) is 29.4 Å².